The molecule has 0 bridgehead atoms. The minimum absolute atomic E-state index is 0.0216. The number of nitrogens with one attached hydrogen (secondary N) is 1. The molecule has 0 radical (unpaired) electrons. The smallest absolute Gasteiger partial charge is 0.407 e. The van der Waals surface area contributed by atoms with Gasteiger partial charge in [-0.3, -0.25) is 19.8 Å². The number of nitrogens with two attached hydrogens (primary N) is 1. The molecule has 176 valence electrons. The molecule has 2 amide bonds. The highest BCUT2D eigenvalue weighted by atomic mass is 35.5. The van der Waals surface area contributed by atoms with Gasteiger partial charge in [-0.2, -0.15) is 0 Å². The number of carbonyl (C=O) groups is 2. The molecule has 0 aliphatic carbocycles. The van der Waals surface area contributed by atoms with Crippen LogP contribution in [0.15, 0.2) is 24.3 Å². The molecular formula is C21H29ClN4O6. The monoisotopic (exact) mass is 468 g/mol. The molecule has 1 aromatic rings. The van der Waals surface area contributed by atoms with Gasteiger partial charge in [-0.05, 0) is 39.7 Å². The van der Waals surface area contributed by atoms with Crippen LogP contribution in [0.25, 0.3) is 0 Å². The van der Waals surface area contributed by atoms with Gasteiger partial charge in [-0.1, -0.05) is 23.8 Å². The number of carbonyl (C=O) groups excluding carboxylic acids is 2. The highest BCUT2D eigenvalue weighted by Crippen LogP contribution is 2.35. The van der Waals surface area contributed by atoms with Gasteiger partial charge in [0.15, 0.2) is 5.02 Å². The molecule has 0 spiro atoms. The second-order valence-corrected chi connectivity index (χ2v) is 8.81. The lowest BCUT2D eigenvalue weighted by atomic mass is 10.1. The van der Waals surface area contributed by atoms with Crippen molar-refractivity contribution in [1.29, 1.82) is 0 Å². The molecule has 0 aromatic heterocycles. The summed E-state index contributed by atoms with van der Waals surface area (Å²) in [5, 5.41) is 13.8. The molecule has 0 atom stereocenters. The van der Waals surface area contributed by atoms with Crippen molar-refractivity contribution in [3.05, 3.63) is 45.0 Å². The lowest BCUT2D eigenvalue weighted by Crippen LogP contribution is -2.46. The number of nitro benzene ring substituents is 1. The first-order chi connectivity index (χ1) is 15.0. The zero-order chi connectivity index (χ0) is 23.9. The third-order valence-corrected chi connectivity index (χ3v) is 5.05. The molecule has 1 heterocycles. The first-order valence-electron chi connectivity index (χ1n) is 10.2. The molecule has 0 saturated carbocycles. The number of benzene rings is 1. The van der Waals surface area contributed by atoms with E-state index in [4.69, 9.17) is 26.8 Å². The van der Waals surface area contributed by atoms with Crippen molar-refractivity contribution in [2.45, 2.75) is 45.3 Å². The number of ether oxygens (including phenoxy) is 2. The van der Waals surface area contributed by atoms with E-state index < -0.39 is 28.2 Å². The molecule has 10 nitrogen and oxygen atoms in total. The quantitative estimate of drug-likeness (QED) is 0.339. The Morgan fingerprint density at radius 3 is 2.53 bits per heavy atom. The number of alkyl carbamates (subject to hydrolysis) is 1. The molecule has 1 aliphatic heterocycles. The van der Waals surface area contributed by atoms with E-state index in [-0.39, 0.29) is 29.0 Å². The first kappa shape index (κ1) is 25.4. The Labute approximate surface area is 191 Å². The topological polar surface area (TPSA) is 137 Å². The molecule has 1 fully saturated rings. The van der Waals surface area contributed by atoms with Crippen molar-refractivity contribution in [2.75, 3.05) is 26.2 Å². The second-order valence-electron chi connectivity index (χ2n) is 8.43. The SMILES string of the molecule is CC(C)(C)OC(=O)NC1CCN(C/C=C\COc2cc(C(N)=O)cc([N+](=O)[O-])c2Cl)CC1. The Balaban J connectivity index is 1.78. The van der Waals surface area contributed by atoms with E-state index in [2.05, 4.69) is 10.2 Å². The normalized spacial score (nSPS) is 15.5. The molecule has 11 heteroatoms. The van der Waals surface area contributed by atoms with Crippen molar-refractivity contribution < 1.29 is 24.0 Å². The van der Waals surface area contributed by atoms with E-state index in [1.165, 1.54) is 6.07 Å². The van der Waals surface area contributed by atoms with Gasteiger partial charge >= 0.3 is 6.09 Å². The predicted octanol–water partition coefficient (Wildman–Crippen LogP) is 3.27. The van der Waals surface area contributed by atoms with Crippen molar-refractivity contribution in [3.8, 4) is 5.75 Å². The fourth-order valence-corrected chi connectivity index (χ4v) is 3.36. The van der Waals surface area contributed by atoms with Gasteiger partial charge in [-0.15, -0.1) is 0 Å². The van der Waals surface area contributed by atoms with E-state index >= 15 is 0 Å². The van der Waals surface area contributed by atoms with Gasteiger partial charge in [0.1, 0.15) is 18.0 Å². The van der Waals surface area contributed by atoms with Crippen LogP contribution >= 0.6 is 11.6 Å². The highest BCUT2D eigenvalue weighted by molar-refractivity contribution is 6.34. The number of nitrogens with zero attached hydrogens (tertiary/aromatic N) is 2. The number of hydrogen-bond acceptors (Lipinski definition) is 7. The third kappa shape index (κ3) is 8.01. The summed E-state index contributed by atoms with van der Waals surface area (Å²) in [4.78, 5) is 35.9. The molecule has 3 N–H and O–H groups in total. The molecule has 0 unspecified atom stereocenters. The number of likely N-dealkylation sites (tertiary alicyclic amines) is 1. The van der Waals surface area contributed by atoms with Crippen LogP contribution in [0.2, 0.25) is 5.02 Å². The fraction of sp³-hybridized carbons (Fsp3) is 0.524. The number of primary amides is 1. The number of rotatable bonds is 8. The first-order valence-corrected chi connectivity index (χ1v) is 10.6. The van der Waals surface area contributed by atoms with Crippen LogP contribution in [-0.2, 0) is 4.74 Å². The number of hydrogen-bond donors (Lipinski definition) is 2. The van der Waals surface area contributed by atoms with Crippen molar-refractivity contribution in [1.82, 2.24) is 10.2 Å². The van der Waals surface area contributed by atoms with Crippen molar-refractivity contribution in [3.63, 3.8) is 0 Å². The summed E-state index contributed by atoms with van der Waals surface area (Å²) in [5.74, 6) is -0.789. The minimum atomic E-state index is -0.810. The second kappa shape index (κ2) is 11.1. The van der Waals surface area contributed by atoms with Crippen LogP contribution < -0.4 is 15.8 Å². The van der Waals surface area contributed by atoms with Crippen LogP contribution in [0, 0.1) is 10.1 Å². The zero-order valence-electron chi connectivity index (χ0n) is 18.4. The molecular weight excluding hydrogens is 440 g/mol. The van der Waals surface area contributed by atoms with E-state index in [1.807, 2.05) is 26.8 Å². The Morgan fingerprint density at radius 1 is 1.31 bits per heavy atom. The van der Waals surface area contributed by atoms with Gasteiger partial charge < -0.3 is 20.5 Å². The standard InChI is InChI=1S/C21H29ClN4O6/c1-21(2,3)32-20(28)24-15-6-9-25(10-7-15)8-4-5-11-31-17-13-14(19(23)27)12-16(18(17)22)26(29)30/h4-5,12-13,15H,6-11H2,1-3H3,(H2,23,27)(H,24,28)/b5-4-. The van der Waals surface area contributed by atoms with Gasteiger partial charge in [0.2, 0.25) is 5.91 Å². The molecule has 1 aromatic carbocycles. The summed E-state index contributed by atoms with van der Waals surface area (Å²) >= 11 is 6.01. The van der Waals surface area contributed by atoms with E-state index in [1.54, 1.807) is 6.08 Å². The summed E-state index contributed by atoms with van der Waals surface area (Å²) in [7, 11) is 0. The Hall–Kier alpha value is -2.85. The molecule has 1 aliphatic rings. The lowest BCUT2D eigenvalue weighted by Gasteiger charge is -2.32. The van der Waals surface area contributed by atoms with Gasteiger partial charge in [-0.25, -0.2) is 4.79 Å². The third-order valence-electron chi connectivity index (χ3n) is 4.68. The molecule has 2 rings (SSSR count). The minimum Gasteiger partial charge on any atom is -0.488 e. The van der Waals surface area contributed by atoms with Crippen LogP contribution in [0.4, 0.5) is 10.5 Å². The average molecular weight is 469 g/mol. The Bertz CT molecular complexity index is 876. The summed E-state index contributed by atoms with van der Waals surface area (Å²) in [5.41, 5.74) is 4.20. The number of halogens is 1. The predicted molar refractivity (Wildman–Crippen MR) is 120 cm³/mol. The van der Waals surface area contributed by atoms with Crippen LogP contribution in [0.1, 0.15) is 44.0 Å². The van der Waals surface area contributed by atoms with Crippen LogP contribution in [0.5, 0.6) is 5.75 Å². The van der Waals surface area contributed by atoms with Gasteiger partial charge in [0, 0.05) is 37.3 Å². The maximum Gasteiger partial charge on any atom is 0.407 e. The Morgan fingerprint density at radius 2 is 1.97 bits per heavy atom. The fourth-order valence-electron chi connectivity index (χ4n) is 3.13. The molecule has 32 heavy (non-hydrogen) atoms. The summed E-state index contributed by atoms with van der Waals surface area (Å²) < 4.78 is 10.8. The Kier molecular flexibility index (Phi) is 8.85. The van der Waals surface area contributed by atoms with E-state index in [0.29, 0.717) is 6.54 Å². The maximum atomic E-state index is 11.9. The number of amides is 2. The van der Waals surface area contributed by atoms with Crippen molar-refractivity contribution >= 4 is 29.3 Å². The van der Waals surface area contributed by atoms with E-state index in [9.17, 15) is 19.7 Å². The van der Waals surface area contributed by atoms with Crippen LogP contribution in [0.3, 0.4) is 0 Å². The van der Waals surface area contributed by atoms with E-state index in [0.717, 1.165) is 32.0 Å². The summed E-state index contributed by atoms with van der Waals surface area (Å²) in [6.45, 7) is 7.95. The lowest BCUT2D eigenvalue weighted by molar-refractivity contribution is -0.384. The maximum absolute atomic E-state index is 11.9. The highest BCUT2D eigenvalue weighted by Gasteiger charge is 2.23. The van der Waals surface area contributed by atoms with Crippen molar-refractivity contribution in [2.24, 2.45) is 5.73 Å². The number of nitro groups is 1. The summed E-state index contributed by atoms with van der Waals surface area (Å²) in [6, 6.07) is 2.40. The zero-order valence-corrected chi connectivity index (χ0v) is 19.2. The number of piperidine rings is 1. The molecule has 1 saturated heterocycles. The van der Waals surface area contributed by atoms with Gasteiger partial charge in [0.25, 0.3) is 5.69 Å². The largest absolute Gasteiger partial charge is 0.488 e. The van der Waals surface area contributed by atoms with Crippen LogP contribution in [-0.4, -0.2) is 59.7 Å². The van der Waals surface area contributed by atoms with Gasteiger partial charge in [0.05, 0.1) is 4.92 Å². The summed E-state index contributed by atoms with van der Waals surface area (Å²) in [6.07, 6.45) is 4.93. The average Bonchev–Trinajstić information content (AvgIpc) is 2.68.